The fraction of sp³-hybridized carbons (Fsp3) is 0.154. The van der Waals surface area contributed by atoms with E-state index in [1.807, 2.05) is 4.98 Å². The molecular weight excluding hydrogens is 278 g/mol. The highest BCUT2D eigenvalue weighted by Gasteiger charge is 2.15. The summed E-state index contributed by atoms with van der Waals surface area (Å²) in [5.41, 5.74) is -0.798. The van der Waals surface area contributed by atoms with Crippen LogP contribution in [0, 0.1) is 0 Å². The Morgan fingerprint density at radius 1 is 1.24 bits per heavy atom. The van der Waals surface area contributed by atoms with Gasteiger partial charge in [0.2, 0.25) is 12.7 Å². The van der Waals surface area contributed by atoms with E-state index >= 15 is 0 Å². The summed E-state index contributed by atoms with van der Waals surface area (Å²) in [4.78, 5) is 31.1. The van der Waals surface area contributed by atoms with Crippen molar-refractivity contribution in [3.05, 3.63) is 44.6 Å². The van der Waals surface area contributed by atoms with Crippen molar-refractivity contribution in [2.75, 3.05) is 6.79 Å². The number of H-pyrrole nitrogens is 2. The Morgan fingerprint density at radius 2 is 2.00 bits per heavy atom. The summed E-state index contributed by atoms with van der Waals surface area (Å²) in [6.45, 7) is 1.70. The van der Waals surface area contributed by atoms with Crippen LogP contribution in [0.5, 0.6) is 17.4 Å². The number of nitrogens with zero attached hydrogens (tertiary/aromatic N) is 1. The van der Waals surface area contributed by atoms with Gasteiger partial charge in [-0.15, -0.1) is 0 Å². The highest BCUT2D eigenvalue weighted by molar-refractivity contribution is 6.01. The minimum absolute atomic E-state index is 0.0905. The number of hydrogen-bond donors (Lipinski definition) is 3. The molecule has 108 valence electrons. The predicted octanol–water partition coefficient (Wildman–Crippen LogP) is 0.638. The third-order valence-electron chi connectivity index (χ3n) is 2.94. The van der Waals surface area contributed by atoms with Crippen molar-refractivity contribution < 1.29 is 14.6 Å². The number of rotatable bonds is 2. The van der Waals surface area contributed by atoms with Gasteiger partial charge < -0.3 is 14.6 Å². The molecule has 0 atom stereocenters. The molecule has 0 saturated heterocycles. The highest BCUT2D eigenvalue weighted by Crippen LogP contribution is 2.35. The number of ether oxygens (including phenoxy) is 2. The van der Waals surface area contributed by atoms with Crippen molar-refractivity contribution >= 4 is 11.4 Å². The fourth-order valence-electron chi connectivity index (χ4n) is 2.01. The number of hydrogen-bond acceptors (Lipinski definition) is 6. The summed E-state index contributed by atoms with van der Waals surface area (Å²) >= 11 is 0. The second-order valence-corrected chi connectivity index (χ2v) is 4.37. The molecule has 2 heterocycles. The Balaban J connectivity index is 2.04. The van der Waals surface area contributed by atoms with Gasteiger partial charge in [0.05, 0.1) is 11.4 Å². The summed E-state index contributed by atoms with van der Waals surface area (Å²) < 4.78 is 10.4. The molecular formula is C13H11N3O5. The van der Waals surface area contributed by atoms with Gasteiger partial charge in [-0.3, -0.25) is 19.8 Å². The smallest absolute Gasteiger partial charge is 0.328 e. The Labute approximate surface area is 117 Å². The topological polar surface area (TPSA) is 117 Å². The zero-order chi connectivity index (χ0) is 15.0. The first-order valence-electron chi connectivity index (χ1n) is 6.05. The number of nitrogens with one attached hydrogen (secondary N) is 2. The molecule has 0 saturated carbocycles. The number of aromatic amines is 2. The van der Waals surface area contributed by atoms with E-state index in [9.17, 15) is 14.7 Å². The van der Waals surface area contributed by atoms with Crippen LogP contribution in [0.4, 0.5) is 5.69 Å². The third-order valence-corrected chi connectivity index (χ3v) is 2.94. The van der Waals surface area contributed by atoms with Crippen molar-refractivity contribution in [1.82, 2.24) is 9.97 Å². The molecule has 0 amide bonds. The van der Waals surface area contributed by atoms with Crippen LogP contribution in [0.1, 0.15) is 12.5 Å². The average Bonchev–Trinajstić information content (AvgIpc) is 2.84. The van der Waals surface area contributed by atoms with E-state index in [2.05, 4.69) is 9.98 Å². The molecule has 1 aliphatic heterocycles. The van der Waals surface area contributed by atoms with Crippen LogP contribution in [0.2, 0.25) is 0 Å². The molecule has 0 fully saturated rings. The van der Waals surface area contributed by atoms with Crippen molar-refractivity contribution in [2.45, 2.75) is 6.92 Å². The minimum Gasteiger partial charge on any atom is -0.494 e. The largest absolute Gasteiger partial charge is 0.494 e. The molecule has 1 aromatic heterocycles. The maximum Gasteiger partial charge on any atom is 0.328 e. The van der Waals surface area contributed by atoms with Crippen LogP contribution in [0.3, 0.4) is 0 Å². The van der Waals surface area contributed by atoms with E-state index in [-0.39, 0.29) is 18.1 Å². The summed E-state index contributed by atoms with van der Waals surface area (Å²) in [5.74, 6) is 0.658. The van der Waals surface area contributed by atoms with Gasteiger partial charge in [-0.1, -0.05) is 0 Å². The van der Waals surface area contributed by atoms with Gasteiger partial charge in [-0.05, 0) is 19.1 Å². The molecule has 3 rings (SSSR count). The van der Waals surface area contributed by atoms with Gasteiger partial charge in [0.15, 0.2) is 11.5 Å². The SMILES string of the molecule is CC(=Nc1ccc2c(c1)OCO2)c1c(O)[nH]c(=O)[nH]c1=O. The predicted molar refractivity (Wildman–Crippen MR) is 73.8 cm³/mol. The molecule has 3 N–H and O–H groups in total. The molecule has 0 unspecified atom stereocenters. The van der Waals surface area contributed by atoms with Crippen LogP contribution in [-0.4, -0.2) is 27.6 Å². The lowest BCUT2D eigenvalue weighted by atomic mass is 10.2. The normalized spacial score (nSPS) is 13.5. The minimum atomic E-state index is -0.780. The van der Waals surface area contributed by atoms with Crippen LogP contribution < -0.4 is 20.7 Å². The van der Waals surface area contributed by atoms with E-state index in [1.165, 1.54) is 0 Å². The Bertz CT molecular complexity index is 850. The monoisotopic (exact) mass is 289 g/mol. The van der Waals surface area contributed by atoms with Gasteiger partial charge >= 0.3 is 5.69 Å². The number of aromatic nitrogens is 2. The van der Waals surface area contributed by atoms with E-state index in [4.69, 9.17) is 9.47 Å². The molecule has 8 nitrogen and oxygen atoms in total. The zero-order valence-corrected chi connectivity index (χ0v) is 11.0. The molecule has 21 heavy (non-hydrogen) atoms. The molecule has 1 aromatic carbocycles. The van der Waals surface area contributed by atoms with Gasteiger partial charge in [0, 0.05) is 6.07 Å². The molecule has 8 heteroatoms. The molecule has 0 aliphatic carbocycles. The second-order valence-electron chi connectivity index (χ2n) is 4.37. The quantitative estimate of drug-likeness (QED) is 0.701. The second kappa shape index (κ2) is 4.82. The first-order valence-corrected chi connectivity index (χ1v) is 6.05. The number of fused-ring (bicyclic) bond motifs is 1. The van der Waals surface area contributed by atoms with Gasteiger partial charge in [0.25, 0.3) is 5.56 Å². The zero-order valence-electron chi connectivity index (χ0n) is 11.0. The van der Waals surface area contributed by atoms with E-state index < -0.39 is 17.1 Å². The molecule has 0 bridgehead atoms. The Kier molecular flexibility index (Phi) is 2.98. The number of benzene rings is 1. The standard InChI is InChI=1S/C13H11N3O5/c1-6(10-11(17)15-13(19)16-12(10)18)14-7-2-3-8-9(4-7)21-5-20-8/h2-4H,5H2,1H3,(H3,15,16,17,18,19). The van der Waals surface area contributed by atoms with Crippen LogP contribution >= 0.6 is 0 Å². The lowest BCUT2D eigenvalue weighted by Gasteiger charge is -2.03. The highest BCUT2D eigenvalue weighted by atomic mass is 16.7. The van der Waals surface area contributed by atoms with E-state index in [0.29, 0.717) is 17.2 Å². The lowest BCUT2D eigenvalue weighted by Crippen LogP contribution is -2.27. The Hall–Kier alpha value is -3.03. The summed E-state index contributed by atoms with van der Waals surface area (Å²) in [6, 6.07) is 5.04. The third kappa shape index (κ3) is 2.38. The van der Waals surface area contributed by atoms with Crippen molar-refractivity contribution in [2.24, 2.45) is 4.99 Å². The summed E-state index contributed by atoms with van der Waals surface area (Å²) in [6.07, 6.45) is 0. The van der Waals surface area contributed by atoms with Crippen LogP contribution in [0.25, 0.3) is 0 Å². The van der Waals surface area contributed by atoms with Crippen LogP contribution in [0.15, 0.2) is 32.8 Å². The van der Waals surface area contributed by atoms with Crippen molar-refractivity contribution in [3.8, 4) is 17.4 Å². The van der Waals surface area contributed by atoms with Gasteiger partial charge in [-0.2, -0.15) is 0 Å². The van der Waals surface area contributed by atoms with Gasteiger partial charge in [-0.25, -0.2) is 4.79 Å². The number of aliphatic imine (C=N–C) groups is 1. The molecule has 0 radical (unpaired) electrons. The lowest BCUT2D eigenvalue weighted by molar-refractivity contribution is 0.174. The molecule has 1 aliphatic rings. The molecule has 2 aromatic rings. The van der Waals surface area contributed by atoms with E-state index in [1.54, 1.807) is 25.1 Å². The molecule has 0 spiro atoms. The number of aromatic hydroxyl groups is 1. The van der Waals surface area contributed by atoms with Crippen molar-refractivity contribution in [1.29, 1.82) is 0 Å². The van der Waals surface area contributed by atoms with E-state index in [0.717, 1.165) is 0 Å². The maximum atomic E-state index is 11.7. The first kappa shape index (κ1) is 13.0. The summed E-state index contributed by atoms with van der Waals surface area (Å²) in [5, 5.41) is 9.67. The maximum absolute atomic E-state index is 11.7. The average molecular weight is 289 g/mol. The fourth-order valence-corrected chi connectivity index (χ4v) is 2.01. The summed E-state index contributed by atoms with van der Waals surface area (Å²) in [7, 11) is 0. The van der Waals surface area contributed by atoms with Gasteiger partial charge in [0.1, 0.15) is 5.56 Å². The van der Waals surface area contributed by atoms with Crippen LogP contribution in [-0.2, 0) is 0 Å². The van der Waals surface area contributed by atoms with Crippen molar-refractivity contribution in [3.63, 3.8) is 0 Å². The first-order chi connectivity index (χ1) is 10.0. The Morgan fingerprint density at radius 3 is 2.76 bits per heavy atom.